The zero-order valence-electron chi connectivity index (χ0n) is 11.4. The van der Waals surface area contributed by atoms with Gasteiger partial charge in [0.1, 0.15) is 5.01 Å². The van der Waals surface area contributed by atoms with Crippen molar-refractivity contribution < 1.29 is 4.79 Å². The quantitative estimate of drug-likeness (QED) is 0.920. The summed E-state index contributed by atoms with van der Waals surface area (Å²) in [7, 11) is 1.86. The van der Waals surface area contributed by atoms with Crippen molar-refractivity contribution in [1.82, 2.24) is 9.88 Å². The largest absolute Gasteiger partial charge is 0.339 e. The van der Waals surface area contributed by atoms with Gasteiger partial charge in [0.05, 0.1) is 12.5 Å². The van der Waals surface area contributed by atoms with Crippen LogP contribution >= 0.6 is 36.2 Å². The van der Waals surface area contributed by atoms with Gasteiger partial charge < -0.3 is 10.6 Å². The van der Waals surface area contributed by atoms with Crippen LogP contribution in [0, 0.1) is 17.8 Å². The van der Waals surface area contributed by atoms with Crippen molar-refractivity contribution in [1.29, 1.82) is 0 Å². The van der Waals surface area contributed by atoms with Crippen molar-refractivity contribution >= 4 is 42.1 Å². The highest BCUT2D eigenvalue weighted by Crippen LogP contribution is 2.48. The molecule has 0 radical (unpaired) electrons. The van der Waals surface area contributed by atoms with Gasteiger partial charge in [-0.1, -0.05) is 0 Å². The molecule has 4 atom stereocenters. The van der Waals surface area contributed by atoms with Crippen LogP contribution in [0.4, 0.5) is 0 Å². The zero-order chi connectivity index (χ0) is 12.7. The fourth-order valence-electron chi connectivity index (χ4n) is 3.57. The minimum Gasteiger partial charge on any atom is -0.339 e. The normalized spacial score (nSPS) is 30.5. The first-order chi connectivity index (χ1) is 8.66. The average molecular weight is 338 g/mol. The van der Waals surface area contributed by atoms with Crippen molar-refractivity contribution in [3.8, 4) is 0 Å². The van der Waals surface area contributed by atoms with Crippen molar-refractivity contribution in [2.24, 2.45) is 23.5 Å². The van der Waals surface area contributed by atoms with E-state index >= 15 is 0 Å². The fourth-order valence-corrected chi connectivity index (χ4v) is 4.24. The predicted octanol–water partition coefficient (Wildman–Crippen LogP) is 2.32. The minimum atomic E-state index is 0. The maximum Gasteiger partial charge on any atom is 0.227 e. The summed E-state index contributed by atoms with van der Waals surface area (Å²) >= 11 is 1.59. The average Bonchev–Trinajstić information content (AvgIpc) is 3.04. The number of carbonyl (C=O) groups excluding carboxylic acids is 1. The van der Waals surface area contributed by atoms with Gasteiger partial charge in [-0.2, -0.15) is 0 Å². The standard InChI is InChI=1S/C13H19N3OS.2ClH/c1-16(7-10-15-4-5-18-10)13(17)11-8-2-3-9(6-8)12(11)14;;/h4-5,8-9,11-12H,2-3,6-7,14H2,1H3;2*1H. The van der Waals surface area contributed by atoms with E-state index in [0.717, 1.165) is 11.4 Å². The number of amides is 1. The molecule has 1 amide bonds. The third kappa shape index (κ3) is 3.11. The molecule has 20 heavy (non-hydrogen) atoms. The molecule has 7 heteroatoms. The number of hydrogen-bond acceptors (Lipinski definition) is 4. The molecule has 0 aliphatic heterocycles. The number of nitrogens with zero attached hydrogens (tertiary/aromatic N) is 2. The second-order valence-corrected chi connectivity index (χ2v) is 6.54. The molecule has 1 aromatic heterocycles. The second-order valence-electron chi connectivity index (χ2n) is 5.56. The SMILES string of the molecule is CN(Cc1nccs1)C(=O)C1C2CCC(C2)C1N.Cl.Cl. The van der Waals surface area contributed by atoms with Gasteiger partial charge in [-0.05, 0) is 31.1 Å². The Morgan fingerprint density at radius 3 is 2.70 bits per heavy atom. The molecule has 2 aliphatic rings. The van der Waals surface area contributed by atoms with Crippen molar-refractivity contribution in [3.05, 3.63) is 16.6 Å². The van der Waals surface area contributed by atoms with Gasteiger partial charge in [-0.25, -0.2) is 4.98 Å². The first-order valence-corrected chi connectivity index (χ1v) is 7.43. The van der Waals surface area contributed by atoms with Crippen molar-refractivity contribution in [2.75, 3.05) is 7.05 Å². The van der Waals surface area contributed by atoms with Crippen molar-refractivity contribution in [3.63, 3.8) is 0 Å². The topological polar surface area (TPSA) is 59.2 Å². The maximum atomic E-state index is 12.5. The smallest absolute Gasteiger partial charge is 0.227 e. The highest BCUT2D eigenvalue weighted by atomic mass is 35.5. The van der Waals surface area contributed by atoms with Gasteiger partial charge in [-0.15, -0.1) is 36.2 Å². The number of thiazole rings is 1. The number of carbonyl (C=O) groups is 1. The van der Waals surface area contributed by atoms with Crippen LogP contribution < -0.4 is 5.73 Å². The maximum absolute atomic E-state index is 12.5. The molecular weight excluding hydrogens is 317 g/mol. The molecule has 2 aliphatic carbocycles. The van der Waals surface area contributed by atoms with E-state index in [1.165, 1.54) is 12.8 Å². The summed E-state index contributed by atoms with van der Waals surface area (Å²) in [4.78, 5) is 18.5. The predicted molar refractivity (Wildman–Crippen MR) is 85.4 cm³/mol. The monoisotopic (exact) mass is 337 g/mol. The molecule has 2 fully saturated rings. The number of nitrogens with two attached hydrogens (primary N) is 1. The summed E-state index contributed by atoms with van der Waals surface area (Å²) in [6.45, 7) is 0.608. The highest BCUT2D eigenvalue weighted by molar-refractivity contribution is 7.09. The molecule has 114 valence electrons. The lowest BCUT2D eigenvalue weighted by Crippen LogP contribution is -2.45. The lowest BCUT2D eigenvalue weighted by Gasteiger charge is -2.30. The molecule has 4 unspecified atom stereocenters. The summed E-state index contributed by atoms with van der Waals surface area (Å²) in [5.41, 5.74) is 6.22. The molecule has 2 saturated carbocycles. The molecule has 1 aromatic rings. The Morgan fingerprint density at radius 2 is 2.15 bits per heavy atom. The molecule has 2 N–H and O–H groups in total. The van der Waals surface area contributed by atoms with Crippen LogP contribution in [-0.4, -0.2) is 28.9 Å². The van der Waals surface area contributed by atoms with Crippen molar-refractivity contribution in [2.45, 2.75) is 31.8 Å². The van der Waals surface area contributed by atoms with E-state index in [-0.39, 0.29) is 42.7 Å². The number of fused-ring (bicyclic) bond motifs is 2. The Morgan fingerprint density at radius 1 is 1.45 bits per heavy atom. The van der Waals surface area contributed by atoms with Crippen LogP contribution in [0.2, 0.25) is 0 Å². The third-order valence-electron chi connectivity index (χ3n) is 4.50. The van der Waals surface area contributed by atoms with Gasteiger partial charge in [-0.3, -0.25) is 4.79 Å². The molecular formula is C13H21Cl2N3OS. The van der Waals surface area contributed by atoms with Crippen LogP contribution in [0.25, 0.3) is 0 Å². The van der Waals surface area contributed by atoms with Crippen LogP contribution in [0.1, 0.15) is 24.3 Å². The number of halogens is 2. The van der Waals surface area contributed by atoms with Crippen LogP contribution in [-0.2, 0) is 11.3 Å². The van der Waals surface area contributed by atoms with Gasteiger partial charge in [0, 0.05) is 24.7 Å². The lowest BCUT2D eigenvalue weighted by atomic mass is 9.84. The summed E-state index contributed by atoms with van der Waals surface area (Å²) in [5, 5.41) is 2.93. The van der Waals surface area contributed by atoms with E-state index in [0.29, 0.717) is 18.4 Å². The second kappa shape index (κ2) is 7.07. The van der Waals surface area contributed by atoms with E-state index in [2.05, 4.69) is 4.98 Å². The Labute approximate surface area is 135 Å². The first-order valence-electron chi connectivity index (χ1n) is 6.55. The van der Waals surface area contributed by atoms with Gasteiger partial charge in [0.25, 0.3) is 0 Å². The fraction of sp³-hybridized carbons (Fsp3) is 0.692. The highest BCUT2D eigenvalue weighted by Gasteiger charge is 2.49. The number of rotatable bonds is 3. The Hall–Kier alpha value is -0.360. The van der Waals surface area contributed by atoms with E-state index in [1.54, 1.807) is 22.4 Å². The lowest BCUT2D eigenvalue weighted by molar-refractivity contribution is -0.137. The van der Waals surface area contributed by atoms with Gasteiger partial charge in [0.15, 0.2) is 0 Å². The molecule has 3 rings (SSSR count). The minimum absolute atomic E-state index is 0. The molecule has 2 bridgehead atoms. The summed E-state index contributed by atoms with van der Waals surface area (Å²) in [6, 6.07) is 0.0787. The zero-order valence-corrected chi connectivity index (χ0v) is 13.8. The van der Waals surface area contributed by atoms with Gasteiger partial charge >= 0.3 is 0 Å². The molecule has 0 aromatic carbocycles. The number of hydrogen-bond donors (Lipinski definition) is 1. The Kier molecular flexibility index (Phi) is 6.25. The van der Waals surface area contributed by atoms with E-state index in [9.17, 15) is 4.79 Å². The third-order valence-corrected chi connectivity index (χ3v) is 5.26. The first kappa shape index (κ1) is 17.7. The molecule has 4 nitrogen and oxygen atoms in total. The number of aromatic nitrogens is 1. The Bertz CT molecular complexity index is 441. The molecule has 0 spiro atoms. The van der Waals surface area contributed by atoms with E-state index in [4.69, 9.17) is 5.73 Å². The van der Waals surface area contributed by atoms with E-state index < -0.39 is 0 Å². The van der Waals surface area contributed by atoms with Crippen LogP contribution in [0.5, 0.6) is 0 Å². The van der Waals surface area contributed by atoms with Crippen LogP contribution in [0.3, 0.4) is 0 Å². The molecule has 1 heterocycles. The summed E-state index contributed by atoms with van der Waals surface area (Å²) < 4.78 is 0. The van der Waals surface area contributed by atoms with Gasteiger partial charge in [0.2, 0.25) is 5.91 Å². The van der Waals surface area contributed by atoms with Crippen LogP contribution in [0.15, 0.2) is 11.6 Å². The molecule has 0 saturated heterocycles. The van der Waals surface area contributed by atoms with E-state index in [1.807, 2.05) is 12.4 Å². The summed E-state index contributed by atoms with van der Waals surface area (Å²) in [6.07, 6.45) is 5.33. The summed E-state index contributed by atoms with van der Waals surface area (Å²) in [5.74, 6) is 1.37. The Balaban J connectivity index is 0.000001000.